The highest BCUT2D eigenvalue weighted by atomic mass is 35.5. The zero-order chi connectivity index (χ0) is 13.2. The van der Waals surface area contributed by atoms with Crippen molar-refractivity contribution in [3.05, 3.63) is 33.3 Å². The summed E-state index contributed by atoms with van der Waals surface area (Å²) in [6, 6.07) is 4.35. The monoisotopic (exact) mass is 287 g/mol. The average Bonchev–Trinajstić information content (AvgIpc) is 2.28. The topological polar surface area (TPSA) is 52.4 Å². The van der Waals surface area contributed by atoms with Gasteiger partial charge in [-0.1, -0.05) is 18.0 Å². The Kier molecular flexibility index (Phi) is 4.02. The first-order valence-electron chi connectivity index (χ1n) is 5.74. The largest absolute Gasteiger partial charge is 0.486 e. The first-order valence-corrected chi connectivity index (χ1v) is 6.75. The second-order valence-electron chi connectivity index (χ2n) is 4.67. The van der Waals surface area contributed by atoms with Crippen LogP contribution >= 0.6 is 24.2 Å². The van der Waals surface area contributed by atoms with Gasteiger partial charge in [0, 0.05) is 22.6 Å². The van der Waals surface area contributed by atoms with Gasteiger partial charge in [-0.25, -0.2) is 0 Å². The highest BCUT2D eigenvalue weighted by molar-refractivity contribution is 7.80. The lowest BCUT2D eigenvalue weighted by Gasteiger charge is -2.40. The standard InChI is InChI=1S/C12H14ClNO3S/c13-9-2-3-10(14(15)16)11(6-9)17-7-12(8-18)4-1-5-12/h2-3,6,18H,1,4-5,7-8H2. The second kappa shape index (κ2) is 5.36. The third-order valence-electron chi connectivity index (χ3n) is 3.40. The van der Waals surface area contributed by atoms with E-state index in [0.717, 1.165) is 18.6 Å². The molecule has 0 N–H and O–H groups in total. The minimum atomic E-state index is -0.459. The van der Waals surface area contributed by atoms with E-state index in [1.807, 2.05) is 0 Å². The fraction of sp³-hybridized carbons (Fsp3) is 0.500. The summed E-state index contributed by atoms with van der Waals surface area (Å²) in [5, 5.41) is 11.3. The minimum Gasteiger partial charge on any atom is -0.486 e. The molecule has 0 amide bonds. The van der Waals surface area contributed by atoms with Crippen molar-refractivity contribution in [2.75, 3.05) is 12.4 Å². The van der Waals surface area contributed by atoms with E-state index in [1.165, 1.54) is 24.6 Å². The molecule has 0 unspecified atom stereocenters. The van der Waals surface area contributed by atoms with Gasteiger partial charge in [0.15, 0.2) is 5.75 Å². The van der Waals surface area contributed by atoms with Crippen molar-refractivity contribution in [1.29, 1.82) is 0 Å². The van der Waals surface area contributed by atoms with E-state index >= 15 is 0 Å². The molecule has 0 atom stereocenters. The second-order valence-corrected chi connectivity index (χ2v) is 5.42. The van der Waals surface area contributed by atoms with Crippen molar-refractivity contribution in [3.63, 3.8) is 0 Å². The molecule has 1 fully saturated rings. The molecule has 0 aliphatic heterocycles. The SMILES string of the molecule is O=[N+]([O-])c1ccc(Cl)cc1OCC1(CS)CCC1. The quantitative estimate of drug-likeness (QED) is 0.510. The summed E-state index contributed by atoms with van der Waals surface area (Å²) < 4.78 is 5.60. The van der Waals surface area contributed by atoms with Crippen LogP contribution in [0.2, 0.25) is 5.02 Å². The summed E-state index contributed by atoms with van der Waals surface area (Å²) >= 11 is 10.2. The van der Waals surface area contributed by atoms with Gasteiger partial charge in [-0.15, -0.1) is 0 Å². The molecule has 0 saturated heterocycles. The van der Waals surface area contributed by atoms with Crippen molar-refractivity contribution < 1.29 is 9.66 Å². The van der Waals surface area contributed by atoms with E-state index < -0.39 is 4.92 Å². The Bertz CT molecular complexity index is 457. The van der Waals surface area contributed by atoms with Gasteiger partial charge in [0.2, 0.25) is 0 Å². The predicted molar refractivity (Wildman–Crippen MR) is 73.7 cm³/mol. The number of thiol groups is 1. The normalized spacial score (nSPS) is 17.0. The van der Waals surface area contributed by atoms with E-state index in [9.17, 15) is 10.1 Å². The van der Waals surface area contributed by atoms with Crippen LogP contribution in [0.15, 0.2) is 18.2 Å². The van der Waals surface area contributed by atoms with Crippen molar-refractivity contribution in [1.82, 2.24) is 0 Å². The zero-order valence-electron chi connectivity index (χ0n) is 9.76. The molecule has 0 aromatic heterocycles. The number of halogens is 1. The van der Waals surface area contributed by atoms with Gasteiger partial charge in [-0.3, -0.25) is 10.1 Å². The lowest BCUT2D eigenvalue weighted by molar-refractivity contribution is -0.386. The third-order valence-corrected chi connectivity index (χ3v) is 4.31. The van der Waals surface area contributed by atoms with Gasteiger partial charge in [0.1, 0.15) is 0 Å². The molecule has 0 radical (unpaired) electrons. The molecule has 1 saturated carbocycles. The summed E-state index contributed by atoms with van der Waals surface area (Å²) in [4.78, 5) is 10.4. The molecule has 0 bridgehead atoms. The van der Waals surface area contributed by atoms with Crippen molar-refractivity contribution >= 4 is 29.9 Å². The molecule has 2 rings (SSSR count). The molecule has 98 valence electrons. The molecule has 1 aliphatic carbocycles. The van der Waals surface area contributed by atoms with E-state index in [4.69, 9.17) is 16.3 Å². The highest BCUT2D eigenvalue weighted by Crippen LogP contribution is 2.43. The first-order chi connectivity index (χ1) is 8.56. The first kappa shape index (κ1) is 13.5. The van der Waals surface area contributed by atoms with Crippen LogP contribution in [0.5, 0.6) is 5.75 Å². The van der Waals surface area contributed by atoms with Crippen LogP contribution in [0.4, 0.5) is 5.69 Å². The predicted octanol–water partition coefficient (Wildman–Crippen LogP) is 3.73. The van der Waals surface area contributed by atoms with E-state index in [2.05, 4.69) is 12.6 Å². The van der Waals surface area contributed by atoms with E-state index in [0.29, 0.717) is 11.6 Å². The molecule has 1 aromatic rings. The molecule has 6 heteroatoms. The fourth-order valence-electron chi connectivity index (χ4n) is 2.01. The molecule has 0 spiro atoms. The molecular formula is C12H14ClNO3S. The number of nitro groups is 1. The van der Waals surface area contributed by atoms with E-state index in [-0.39, 0.29) is 16.9 Å². The van der Waals surface area contributed by atoms with Gasteiger partial charge in [0.25, 0.3) is 0 Å². The number of hydrogen-bond donors (Lipinski definition) is 1. The number of hydrogen-bond acceptors (Lipinski definition) is 4. The van der Waals surface area contributed by atoms with Crippen LogP contribution in [0.1, 0.15) is 19.3 Å². The van der Waals surface area contributed by atoms with Crippen LogP contribution in [0.3, 0.4) is 0 Å². The van der Waals surface area contributed by atoms with Gasteiger partial charge < -0.3 is 4.74 Å². The molecule has 1 aromatic carbocycles. The van der Waals surface area contributed by atoms with Crippen molar-refractivity contribution in [2.24, 2.45) is 5.41 Å². The maximum absolute atomic E-state index is 10.9. The number of nitrogens with zero attached hydrogens (tertiary/aromatic N) is 1. The summed E-state index contributed by atoms with van der Waals surface area (Å²) in [7, 11) is 0. The molecule has 0 heterocycles. The Morgan fingerprint density at radius 3 is 2.72 bits per heavy atom. The van der Waals surface area contributed by atoms with Gasteiger partial charge in [-0.2, -0.15) is 12.6 Å². The molecule has 18 heavy (non-hydrogen) atoms. The summed E-state index contributed by atoms with van der Waals surface area (Å²) in [5.41, 5.74) is 0.0206. The third kappa shape index (κ3) is 2.72. The van der Waals surface area contributed by atoms with E-state index in [1.54, 1.807) is 0 Å². The van der Waals surface area contributed by atoms with Crippen molar-refractivity contribution in [3.8, 4) is 5.75 Å². The van der Waals surface area contributed by atoms with Crippen molar-refractivity contribution in [2.45, 2.75) is 19.3 Å². The Morgan fingerprint density at radius 2 is 2.22 bits per heavy atom. The van der Waals surface area contributed by atoms with Gasteiger partial charge in [0.05, 0.1) is 11.5 Å². The Morgan fingerprint density at radius 1 is 1.50 bits per heavy atom. The Balaban J connectivity index is 2.12. The summed E-state index contributed by atoms with van der Waals surface area (Å²) in [6.07, 6.45) is 3.29. The summed E-state index contributed by atoms with van der Waals surface area (Å²) in [6.45, 7) is 0.456. The smallest absolute Gasteiger partial charge is 0.311 e. The lowest BCUT2D eigenvalue weighted by Crippen LogP contribution is -2.37. The fourth-order valence-corrected chi connectivity index (χ4v) is 2.58. The Labute approximate surface area is 116 Å². The van der Waals surface area contributed by atoms with Gasteiger partial charge in [-0.05, 0) is 24.7 Å². The summed E-state index contributed by atoms with van der Waals surface area (Å²) in [5.74, 6) is 0.974. The maximum atomic E-state index is 10.9. The van der Waals surface area contributed by atoms with Crippen LogP contribution in [-0.2, 0) is 0 Å². The average molecular weight is 288 g/mol. The number of ether oxygens (including phenoxy) is 1. The minimum absolute atomic E-state index is 0.0481. The van der Waals surface area contributed by atoms with Crippen LogP contribution in [0.25, 0.3) is 0 Å². The maximum Gasteiger partial charge on any atom is 0.311 e. The Hall–Kier alpha value is -0.940. The number of rotatable bonds is 5. The van der Waals surface area contributed by atoms with Crippen LogP contribution < -0.4 is 4.74 Å². The zero-order valence-corrected chi connectivity index (χ0v) is 11.4. The number of nitro benzene ring substituents is 1. The molecule has 4 nitrogen and oxygen atoms in total. The number of benzene rings is 1. The highest BCUT2D eigenvalue weighted by Gasteiger charge is 2.37. The molecular weight excluding hydrogens is 274 g/mol. The lowest BCUT2D eigenvalue weighted by atomic mass is 9.71. The van der Waals surface area contributed by atoms with Crippen LogP contribution in [-0.4, -0.2) is 17.3 Å². The molecule has 1 aliphatic rings. The van der Waals surface area contributed by atoms with Crippen LogP contribution in [0, 0.1) is 15.5 Å². The van der Waals surface area contributed by atoms with Gasteiger partial charge >= 0.3 is 5.69 Å².